The summed E-state index contributed by atoms with van der Waals surface area (Å²) in [5, 5.41) is 0.286. The highest BCUT2D eigenvalue weighted by atomic mass is 16.7. The summed E-state index contributed by atoms with van der Waals surface area (Å²) in [5.74, 6) is -1.30. The van der Waals surface area contributed by atoms with Crippen molar-refractivity contribution in [3.63, 3.8) is 0 Å². The SMILES string of the molecule is CCc1cc2c(=O)c(-c3ccc4c(c3)OCO4)c(C)oc2cc1O[C@@H]1O[C@@H](COC(C)=O)[C@@H](OC(C)=O)[C@@H](OC(C)=O)[C@H]1OC(C)=O. The van der Waals surface area contributed by atoms with Gasteiger partial charge in [-0.25, -0.2) is 0 Å². The first-order valence-electron chi connectivity index (χ1n) is 14.8. The number of hydrogen-bond acceptors (Lipinski definition) is 14. The van der Waals surface area contributed by atoms with Crippen LogP contribution in [-0.4, -0.2) is 68.0 Å². The molecule has 0 N–H and O–H groups in total. The van der Waals surface area contributed by atoms with Crippen LogP contribution in [0.4, 0.5) is 0 Å². The summed E-state index contributed by atoms with van der Waals surface area (Å²) in [4.78, 5) is 62.0. The summed E-state index contributed by atoms with van der Waals surface area (Å²) in [5.41, 5.74) is 1.44. The zero-order valence-corrected chi connectivity index (χ0v) is 26.6. The van der Waals surface area contributed by atoms with Crippen molar-refractivity contribution in [3.8, 4) is 28.4 Å². The third-order valence-corrected chi connectivity index (χ3v) is 7.48. The number of carbonyl (C=O) groups excluding carboxylic acids is 4. The number of hydrogen-bond donors (Lipinski definition) is 0. The van der Waals surface area contributed by atoms with Crippen LogP contribution >= 0.6 is 0 Å². The van der Waals surface area contributed by atoms with Gasteiger partial charge in [-0.15, -0.1) is 0 Å². The zero-order chi connectivity index (χ0) is 34.0. The average Bonchev–Trinajstić information content (AvgIpc) is 3.46. The lowest BCUT2D eigenvalue weighted by Gasteiger charge is -2.44. The molecule has 0 radical (unpaired) electrons. The molecular weight excluding hydrogens is 620 g/mol. The lowest BCUT2D eigenvalue weighted by atomic mass is 9.97. The molecule has 5 rings (SSSR count). The van der Waals surface area contributed by atoms with Crippen molar-refractivity contribution in [2.45, 2.75) is 78.7 Å². The molecule has 3 heterocycles. The molecule has 2 aliphatic heterocycles. The van der Waals surface area contributed by atoms with Gasteiger partial charge in [-0.05, 0) is 42.7 Å². The summed E-state index contributed by atoms with van der Waals surface area (Å²) in [7, 11) is 0. The maximum Gasteiger partial charge on any atom is 0.303 e. The van der Waals surface area contributed by atoms with Crippen LogP contribution in [0.25, 0.3) is 22.1 Å². The van der Waals surface area contributed by atoms with E-state index in [1.54, 1.807) is 31.2 Å². The van der Waals surface area contributed by atoms with Gasteiger partial charge in [-0.3, -0.25) is 24.0 Å². The summed E-state index contributed by atoms with van der Waals surface area (Å²) in [6.45, 7) is 7.76. The summed E-state index contributed by atoms with van der Waals surface area (Å²) >= 11 is 0. The molecule has 2 aromatic carbocycles. The minimum atomic E-state index is -1.46. The monoisotopic (exact) mass is 654 g/mol. The first kappa shape index (κ1) is 33.3. The van der Waals surface area contributed by atoms with Crippen molar-refractivity contribution in [2.24, 2.45) is 0 Å². The van der Waals surface area contributed by atoms with Gasteiger partial charge < -0.3 is 42.3 Å². The molecule has 5 atom stereocenters. The van der Waals surface area contributed by atoms with E-state index in [4.69, 9.17) is 42.3 Å². The predicted molar refractivity (Wildman–Crippen MR) is 161 cm³/mol. The number of fused-ring (bicyclic) bond motifs is 2. The molecule has 0 spiro atoms. The zero-order valence-electron chi connectivity index (χ0n) is 26.6. The van der Waals surface area contributed by atoms with Crippen LogP contribution in [-0.2, 0) is 49.3 Å². The molecule has 2 aliphatic rings. The minimum Gasteiger partial charge on any atom is -0.463 e. The highest BCUT2D eigenvalue weighted by molar-refractivity contribution is 5.85. The van der Waals surface area contributed by atoms with Crippen LogP contribution in [0, 0.1) is 6.92 Å². The summed E-state index contributed by atoms with van der Waals surface area (Å²) in [6, 6.07) is 8.35. The van der Waals surface area contributed by atoms with Crippen LogP contribution < -0.4 is 19.6 Å². The highest BCUT2D eigenvalue weighted by Crippen LogP contribution is 2.38. The first-order valence-corrected chi connectivity index (χ1v) is 14.8. The molecule has 250 valence electrons. The standard InChI is InChI=1S/C33H34O14/c1-7-20-10-22-25(42-15(2)28(29(22)38)21-8-9-23-26(11-21)41-14-40-23)12-24(20)46-33-32(45-19(6)37)31(44-18(5)36)30(43-17(4)35)27(47-33)13-39-16(3)34/h8-12,27,30-33H,7,13-14H2,1-6H3/t27-,30+,31+,32+,33+/m0/s1. The van der Waals surface area contributed by atoms with E-state index in [-0.39, 0.29) is 28.9 Å². The van der Waals surface area contributed by atoms with Crippen molar-refractivity contribution in [3.05, 3.63) is 51.9 Å². The second-order valence-corrected chi connectivity index (χ2v) is 10.9. The number of ether oxygens (including phenoxy) is 8. The van der Waals surface area contributed by atoms with Gasteiger partial charge in [0.25, 0.3) is 0 Å². The Balaban J connectivity index is 1.56. The Hall–Kier alpha value is -5.11. The second kappa shape index (κ2) is 13.7. The second-order valence-electron chi connectivity index (χ2n) is 10.9. The first-order chi connectivity index (χ1) is 22.4. The Labute approximate surface area is 268 Å². The lowest BCUT2D eigenvalue weighted by molar-refractivity contribution is -0.288. The molecule has 47 heavy (non-hydrogen) atoms. The largest absolute Gasteiger partial charge is 0.463 e. The molecule has 1 saturated heterocycles. The van der Waals surface area contributed by atoms with E-state index in [2.05, 4.69) is 0 Å². The van der Waals surface area contributed by atoms with Crippen LogP contribution in [0.1, 0.15) is 45.9 Å². The van der Waals surface area contributed by atoms with E-state index >= 15 is 0 Å². The molecule has 1 fully saturated rings. The molecule has 0 bridgehead atoms. The van der Waals surface area contributed by atoms with Crippen molar-refractivity contribution in [2.75, 3.05) is 13.4 Å². The van der Waals surface area contributed by atoms with Crippen molar-refractivity contribution < 1.29 is 61.5 Å². The van der Waals surface area contributed by atoms with E-state index in [1.807, 2.05) is 6.92 Å². The molecule has 0 unspecified atom stereocenters. The van der Waals surface area contributed by atoms with Crippen molar-refractivity contribution >= 4 is 34.8 Å². The molecule has 14 nitrogen and oxygen atoms in total. The smallest absolute Gasteiger partial charge is 0.303 e. The molecule has 14 heteroatoms. The average molecular weight is 655 g/mol. The van der Waals surface area contributed by atoms with Crippen molar-refractivity contribution in [1.29, 1.82) is 0 Å². The maximum atomic E-state index is 13.8. The Morgan fingerprint density at radius 3 is 2.15 bits per heavy atom. The topological polar surface area (TPSA) is 172 Å². The van der Waals surface area contributed by atoms with E-state index in [9.17, 15) is 24.0 Å². The quantitative estimate of drug-likeness (QED) is 0.242. The summed E-state index contributed by atoms with van der Waals surface area (Å²) < 4.78 is 50.9. The molecule has 0 saturated carbocycles. The van der Waals surface area contributed by atoms with Gasteiger partial charge >= 0.3 is 23.9 Å². The Morgan fingerprint density at radius 1 is 0.830 bits per heavy atom. The van der Waals surface area contributed by atoms with E-state index in [0.29, 0.717) is 40.4 Å². The Morgan fingerprint density at radius 2 is 1.49 bits per heavy atom. The molecule has 3 aromatic rings. The van der Waals surface area contributed by atoms with Crippen LogP contribution in [0.2, 0.25) is 0 Å². The maximum absolute atomic E-state index is 13.8. The van der Waals surface area contributed by atoms with E-state index in [0.717, 1.165) is 20.8 Å². The molecule has 0 amide bonds. The summed E-state index contributed by atoms with van der Waals surface area (Å²) in [6.07, 6.45) is -6.44. The van der Waals surface area contributed by atoms with E-state index < -0.39 is 61.2 Å². The number of esters is 4. The van der Waals surface area contributed by atoms with Crippen LogP contribution in [0.5, 0.6) is 17.2 Å². The lowest BCUT2D eigenvalue weighted by Crippen LogP contribution is -2.63. The van der Waals surface area contributed by atoms with Gasteiger partial charge in [0.2, 0.25) is 24.6 Å². The molecule has 0 aliphatic carbocycles. The van der Waals surface area contributed by atoms with Gasteiger partial charge in [0, 0.05) is 33.8 Å². The van der Waals surface area contributed by atoms with Crippen LogP contribution in [0.15, 0.2) is 39.5 Å². The van der Waals surface area contributed by atoms with Crippen LogP contribution in [0.3, 0.4) is 0 Å². The fraction of sp³-hybridized carbons (Fsp3) is 0.424. The van der Waals surface area contributed by atoms with Gasteiger partial charge in [0.15, 0.2) is 23.7 Å². The van der Waals surface area contributed by atoms with Gasteiger partial charge in [0.05, 0.1) is 10.9 Å². The van der Waals surface area contributed by atoms with Gasteiger partial charge in [0.1, 0.15) is 29.8 Å². The van der Waals surface area contributed by atoms with Crippen molar-refractivity contribution in [1.82, 2.24) is 0 Å². The van der Waals surface area contributed by atoms with Gasteiger partial charge in [-0.1, -0.05) is 13.0 Å². The fourth-order valence-electron chi connectivity index (χ4n) is 5.56. The Bertz CT molecular complexity index is 1780. The third kappa shape index (κ3) is 7.17. The highest BCUT2D eigenvalue weighted by Gasteiger charge is 2.53. The van der Waals surface area contributed by atoms with Gasteiger partial charge in [-0.2, -0.15) is 0 Å². The number of aryl methyl sites for hydroxylation is 2. The molecular formula is C33H34O14. The minimum absolute atomic E-state index is 0.0896. The number of benzene rings is 2. The third-order valence-electron chi connectivity index (χ3n) is 7.48. The molecule has 1 aromatic heterocycles. The fourth-order valence-corrected chi connectivity index (χ4v) is 5.56. The van der Waals surface area contributed by atoms with E-state index in [1.165, 1.54) is 13.0 Å². The number of carbonyl (C=O) groups is 4. The Kier molecular flexibility index (Phi) is 9.70. The predicted octanol–water partition coefficient (Wildman–Crippen LogP) is 3.52. The number of rotatable bonds is 9. The normalized spacial score (nSPS) is 21.5.